The smallest absolute Gasteiger partial charge is 0.269 e. The molecule has 0 fully saturated rings. The molecule has 124 valence electrons. The van der Waals surface area contributed by atoms with Crippen molar-refractivity contribution >= 4 is 28.8 Å². The first kappa shape index (κ1) is 16.7. The van der Waals surface area contributed by atoms with E-state index in [9.17, 15) is 10.1 Å². The van der Waals surface area contributed by atoms with Crippen LogP contribution >= 0.6 is 23.1 Å². The first-order valence-electron chi connectivity index (χ1n) is 7.36. The number of thiophene rings is 1. The highest BCUT2D eigenvalue weighted by molar-refractivity contribution is 7.99. The van der Waals surface area contributed by atoms with Gasteiger partial charge in [-0.15, -0.1) is 21.5 Å². The van der Waals surface area contributed by atoms with Gasteiger partial charge >= 0.3 is 0 Å². The lowest BCUT2D eigenvalue weighted by Crippen LogP contribution is -2.00. The zero-order valence-corrected chi connectivity index (χ0v) is 14.9. The monoisotopic (exact) mass is 360 g/mol. The molecule has 1 aromatic carbocycles. The predicted molar refractivity (Wildman–Crippen MR) is 95.5 cm³/mol. The molecule has 1 atom stereocenters. The Labute approximate surface area is 147 Å². The second kappa shape index (κ2) is 7.14. The second-order valence-corrected chi connectivity index (χ2v) is 7.67. The van der Waals surface area contributed by atoms with E-state index in [0.717, 1.165) is 23.0 Å². The molecule has 0 aliphatic carbocycles. The minimum absolute atomic E-state index is 0.0439. The van der Waals surface area contributed by atoms with Crippen LogP contribution in [0.1, 0.15) is 28.4 Å². The van der Waals surface area contributed by atoms with E-state index in [0.29, 0.717) is 0 Å². The van der Waals surface area contributed by atoms with Crippen LogP contribution in [0.3, 0.4) is 0 Å². The van der Waals surface area contributed by atoms with Crippen LogP contribution in [-0.4, -0.2) is 19.7 Å². The summed E-state index contributed by atoms with van der Waals surface area (Å²) in [4.78, 5) is 11.8. The standard InChI is InChI=1S/C16H16N4O2S2/c1-11(12-5-3-6-13(9-12)20(21)22)24-16-18-17-15(19(16)2)10-14-7-4-8-23-14/h3-9,11H,10H2,1-2H3. The van der Waals surface area contributed by atoms with Gasteiger partial charge in [-0.25, -0.2) is 0 Å². The van der Waals surface area contributed by atoms with Gasteiger partial charge in [0.15, 0.2) is 5.16 Å². The fourth-order valence-corrected chi connectivity index (χ4v) is 3.94. The first-order valence-corrected chi connectivity index (χ1v) is 9.12. The Balaban J connectivity index is 1.75. The van der Waals surface area contributed by atoms with Crippen LogP contribution in [0.25, 0.3) is 0 Å². The molecule has 3 aromatic rings. The van der Waals surface area contributed by atoms with Gasteiger partial charge in [-0.05, 0) is 23.9 Å². The molecule has 0 spiro atoms. The summed E-state index contributed by atoms with van der Waals surface area (Å²) in [6.07, 6.45) is 0.757. The van der Waals surface area contributed by atoms with E-state index >= 15 is 0 Å². The van der Waals surface area contributed by atoms with Crippen molar-refractivity contribution in [3.8, 4) is 0 Å². The van der Waals surface area contributed by atoms with Gasteiger partial charge in [-0.1, -0.05) is 30.0 Å². The molecule has 3 rings (SSSR count). The number of rotatable bonds is 6. The van der Waals surface area contributed by atoms with Gasteiger partial charge in [0.05, 0.1) is 4.92 Å². The maximum Gasteiger partial charge on any atom is 0.269 e. The summed E-state index contributed by atoms with van der Waals surface area (Å²) < 4.78 is 1.98. The molecule has 24 heavy (non-hydrogen) atoms. The minimum Gasteiger partial charge on any atom is -0.309 e. The Hall–Kier alpha value is -2.19. The minimum atomic E-state index is -0.373. The largest absolute Gasteiger partial charge is 0.309 e. The molecular weight excluding hydrogens is 344 g/mol. The Bertz CT molecular complexity index is 846. The number of hydrogen-bond acceptors (Lipinski definition) is 6. The second-order valence-electron chi connectivity index (χ2n) is 5.33. The predicted octanol–water partition coefficient (Wildman–Crippen LogP) is 4.23. The van der Waals surface area contributed by atoms with Gasteiger partial charge in [-0.3, -0.25) is 10.1 Å². The van der Waals surface area contributed by atoms with E-state index in [1.165, 1.54) is 10.9 Å². The lowest BCUT2D eigenvalue weighted by molar-refractivity contribution is -0.384. The molecule has 0 N–H and O–H groups in total. The van der Waals surface area contributed by atoms with Gasteiger partial charge in [-0.2, -0.15) is 0 Å². The van der Waals surface area contributed by atoms with Crippen molar-refractivity contribution in [1.29, 1.82) is 0 Å². The molecule has 8 heteroatoms. The van der Waals surface area contributed by atoms with E-state index in [1.54, 1.807) is 35.2 Å². The number of hydrogen-bond donors (Lipinski definition) is 0. The highest BCUT2D eigenvalue weighted by atomic mass is 32.2. The maximum absolute atomic E-state index is 10.9. The van der Waals surface area contributed by atoms with Crippen molar-refractivity contribution in [2.75, 3.05) is 0 Å². The maximum atomic E-state index is 10.9. The Kier molecular flexibility index (Phi) is 4.96. The molecule has 2 aromatic heterocycles. The van der Waals surface area contributed by atoms with Crippen LogP contribution < -0.4 is 0 Å². The van der Waals surface area contributed by atoms with Crippen molar-refractivity contribution in [2.24, 2.45) is 7.05 Å². The molecule has 2 heterocycles. The number of non-ortho nitro benzene ring substituents is 1. The topological polar surface area (TPSA) is 73.8 Å². The Morgan fingerprint density at radius 3 is 2.88 bits per heavy atom. The van der Waals surface area contributed by atoms with E-state index in [1.807, 2.05) is 36.1 Å². The van der Waals surface area contributed by atoms with Crippen molar-refractivity contribution < 1.29 is 4.92 Å². The summed E-state index contributed by atoms with van der Waals surface area (Å²) in [6.45, 7) is 2.01. The van der Waals surface area contributed by atoms with Crippen LogP contribution in [0.2, 0.25) is 0 Å². The molecule has 0 aliphatic rings. The van der Waals surface area contributed by atoms with Crippen molar-refractivity contribution in [1.82, 2.24) is 14.8 Å². The summed E-state index contributed by atoms with van der Waals surface area (Å²) in [5, 5.41) is 22.4. The summed E-state index contributed by atoms with van der Waals surface area (Å²) in [7, 11) is 1.95. The lowest BCUT2D eigenvalue weighted by atomic mass is 10.1. The van der Waals surface area contributed by atoms with E-state index < -0.39 is 0 Å². The number of nitro benzene ring substituents is 1. The molecule has 6 nitrogen and oxygen atoms in total. The van der Waals surface area contributed by atoms with Crippen molar-refractivity contribution in [3.05, 3.63) is 68.2 Å². The Morgan fingerprint density at radius 2 is 2.17 bits per heavy atom. The van der Waals surface area contributed by atoms with E-state index in [4.69, 9.17) is 0 Å². The fraction of sp³-hybridized carbons (Fsp3) is 0.250. The van der Waals surface area contributed by atoms with Gasteiger partial charge in [0.25, 0.3) is 5.69 Å². The summed E-state index contributed by atoms with van der Waals surface area (Å²) >= 11 is 3.25. The first-order chi connectivity index (χ1) is 11.5. The molecule has 0 saturated heterocycles. The molecule has 0 amide bonds. The number of nitrogens with zero attached hydrogens (tertiary/aromatic N) is 4. The SMILES string of the molecule is CC(Sc1nnc(Cc2cccs2)n1C)c1cccc([N+](=O)[O-])c1. The normalized spacial score (nSPS) is 12.2. The van der Waals surface area contributed by atoms with Gasteiger partial charge in [0.2, 0.25) is 0 Å². The van der Waals surface area contributed by atoms with Crippen LogP contribution in [0.4, 0.5) is 5.69 Å². The van der Waals surface area contributed by atoms with E-state index in [2.05, 4.69) is 16.3 Å². The summed E-state index contributed by atoms with van der Waals surface area (Å²) in [5.74, 6) is 0.909. The fourth-order valence-electron chi connectivity index (χ4n) is 2.29. The van der Waals surface area contributed by atoms with Gasteiger partial charge in [0.1, 0.15) is 5.82 Å². The molecule has 0 radical (unpaired) electrons. The third-order valence-corrected chi connectivity index (χ3v) is 5.74. The third-order valence-electron chi connectivity index (χ3n) is 3.67. The van der Waals surface area contributed by atoms with Crippen LogP contribution in [0.15, 0.2) is 46.9 Å². The Morgan fingerprint density at radius 1 is 1.33 bits per heavy atom. The average molecular weight is 360 g/mol. The quantitative estimate of drug-likeness (QED) is 0.374. The molecule has 0 saturated carbocycles. The summed E-state index contributed by atoms with van der Waals surface area (Å²) in [6, 6.07) is 10.8. The highest BCUT2D eigenvalue weighted by Crippen LogP contribution is 2.35. The molecule has 1 unspecified atom stereocenters. The average Bonchev–Trinajstić information content (AvgIpc) is 3.20. The number of benzene rings is 1. The van der Waals surface area contributed by atoms with Crippen LogP contribution in [-0.2, 0) is 13.5 Å². The van der Waals surface area contributed by atoms with Gasteiger partial charge in [0, 0.05) is 35.7 Å². The molecule has 0 bridgehead atoms. The zero-order valence-electron chi connectivity index (χ0n) is 13.2. The summed E-state index contributed by atoms with van der Waals surface area (Å²) in [5.41, 5.74) is 1.01. The number of nitro groups is 1. The lowest BCUT2D eigenvalue weighted by Gasteiger charge is -2.11. The van der Waals surface area contributed by atoms with Gasteiger partial charge < -0.3 is 4.57 Å². The highest BCUT2D eigenvalue weighted by Gasteiger charge is 2.16. The van der Waals surface area contributed by atoms with Crippen molar-refractivity contribution in [3.63, 3.8) is 0 Å². The van der Waals surface area contributed by atoms with Crippen molar-refractivity contribution in [2.45, 2.75) is 23.8 Å². The zero-order chi connectivity index (χ0) is 17.1. The van der Waals surface area contributed by atoms with Crippen LogP contribution in [0.5, 0.6) is 0 Å². The van der Waals surface area contributed by atoms with Crippen LogP contribution in [0, 0.1) is 10.1 Å². The molecule has 0 aliphatic heterocycles. The number of aromatic nitrogens is 3. The van der Waals surface area contributed by atoms with E-state index in [-0.39, 0.29) is 15.9 Å². The third kappa shape index (κ3) is 3.65. The number of thioether (sulfide) groups is 1. The molecular formula is C16H16N4O2S2.